The molecule has 0 fully saturated rings. The van der Waals surface area contributed by atoms with Crippen LogP contribution >= 0.6 is 0 Å². The molecule has 0 saturated carbocycles. The Morgan fingerprint density at radius 2 is 1.05 bits per heavy atom. The Morgan fingerprint density at radius 1 is 0.684 bits per heavy atom. The van der Waals surface area contributed by atoms with E-state index in [-0.39, 0.29) is 6.42 Å². The lowest BCUT2D eigenvalue weighted by atomic mass is 10.1. The monoisotopic (exact) mass is 278 g/mol. The van der Waals surface area contributed by atoms with Crippen molar-refractivity contribution >= 4 is 0 Å². The first-order chi connectivity index (χ1) is 9.10. The van der Waals surface area contributed by atoms with Crippen LogP contribution in [0.1, 0.15) is 72.1 Å². The quantitative estimate of drug-likeness (QED) is 0.404. The van der Waals surface area contributed by atoms with Crippen molar-refractivity contribution in [1.82, 2.24) is 0 Å². The molecule has 3 heteroatoms. The zero-order valence-electron chi connectivity index (χ0n) is 13.3. The fourth-order valence-corrected chi connectivity index (χ4v) is 2.73. The highest BCUT2D eigenvalue weighted by molar-refractivity contribution is 4.51. The van der Waals surface area contributed by atoms with Gasteiger partial charge in [-0.25, -0.2) is 8.78 Å². The Kier molecular flexibility index (Phi) is 11.5. The van der Waals surface area contributed by atoms with Gasteiger partial charge in [0.2, 0.25) is 6.43 Å². The first-order valence-electron chi connectivity index (χ1n) is 8.23. The van der Waals surface area contributed by atoms with Crippen molar-refractivity contribution in [3.63, 3.8) is 0 Å². The van der Waals surface area contributed by atoms with Crippen LogP contribution in [0.3, 0.4) is 0 Å². The van der Waals surface area contributed by atoms with Gasteiger partial charge < -0.3 is 4.48 Å². The Hall–Kier alpha value is -0.180. The van der Waals surface area contributed by atoms with E-state index < -0.39 is 6.43 Å². The largest absolute Gasteiger partial charge is 0.324 e. The van der Waals surface area contributed by atoms with E-state index in [0.29, 0.717) is 6.42 Å². The van der Waals surface area contributed by atoms with Crippen molar-refractivity contribution in [2.45, 2.75) is 78.6 Å². The third-order valence-corrected chi connectivity index (χ3v) is 4.01. The molecule has 0 unspecified atom stereocenters. The summed E-state index contributed by atoms with van der Waals surface area (Å²) in [5.74, 6) is 0. The summed E-state index contributed by atoms with van der Waals surface area (Å²) in [4.78, 5) is 0. The van der Waals surface area contributed by atoms with Crippen LogP contribution in [0.2, 0.25) is 0 Å². The summed E-state index contributed by atoms with van der Waals surface area (Å²) in [7, 11) is 0. The van der Waals surface area contributed by atoms with Crippen molar-refractivity contribution in [2.24, 2.45) is 0 Å². The maximum absolute atomic E-state index is 12.4. The smallest absolute Gasteiger partial charge is 0.238 e. The van der Waals surface area contributed by atoms with E-state index in [1.54, 1.807) is 0 Å². The SMILES string of the molecule is CCCC[N+](CCCC)(CCCC)CCCC(F)F. The molecule has 0 atom stereocenters. The second-order valence-electron chi connectivity index (χ2n) is 5.83. The molecule has 19 heavy (non-hydrogen) atoms. The van der Waals surface area contributed by atoms with Crippen LogP contribution in [0.5, 0.6) is 0 Å². The minimum absolute atomic E-state index is 0.0738. The van der Waals surface area contributed by atoms with Gasteiger partial charge in [0.25, 0.3) is 0 Å². The average Bonchev–Trinajstić information content (AvgIpc) is 2.39. The van der Waals surface area contributed by atoms with E-state index >= 15 is 0 Å². The first kappa shape index (κ1) is 18.8. The van der Waals surface area contributed by atoms with Gasteiger partial charge >= 0.3 is 0 Å². The predicted molar refractivity (Wildman–Crippen MR) is 79.7 cm³/mol. The van der Waals surface area contributed by atoms with Gasteiger partial charge in [0.05, 0.1) is 26.2 Å². The molecule has 0 aromatic heterocycles. The predicted octanol–water partition coefficient (Wildman–Crippen LogP) is 5.25. The highest BCUT2D eigenvalue weighted by Crippen LogP contribution is 2.17. The number of rotatable bonds is 13. The Bertz CT molecular complexity index is 173. The number of hydrogen-bond acceptors (Lipinski definition) is 0. The number of halogens is 2. The van der Waals surface area contributed by atoms with Gasteiger partial charge in [-0.1, -0.05) is 40.0 Å². The molecule has 116 valence electrons. The molecule has 0 aromatic carbocycles. The maximum Gasteiger partial charge on any atom is 0.238 e. The fourth-order valence-electron chi connectivity index (χ4n) is 2.73. The molecule has 0 spiro atoms. The van der Waals surface area contributed by atoms with Crippen LogP contribution in [0.15, 0.2) is 0 Å². The molecule has 0 bridgehead atoms. The fraction of sp³-hybridized carbons (Fsp3) is 1.00. The van der Waals surface area contributed by atoms with Gasteiger partial charge in [-0.05, 0) is 19.3 Å². The van der Waals surface area contributed by atoms with Crippen LogP contribution in [0.4, 0.5) is 8.78 Å². The van der Waals surface area contributed by atoms with Gasteiger partial charge in [-0.15, -0.1) is 0 Å². The van der Waals surface area contributed by atoms with Gasteiger partial charge in [0.1, 0.15) is 0 Å². The maximum atomic E-state index is 12.4. The summed E-state index contributed by atoms with van der Waals surface area (Å²) in [5.41, 5.74) is 0. The lowest BCUT2D eigenvalue weighted by molar-refractivity contribution is -0.929. The number of hydrogen-bond donors (Lipinski definition) is 0. The molecule has 0 saturated heterocycles. The molecular formula is C16H34F2N+. The lowest BCUT2D eigenvalue weighted by Crippen LogP contribution is -2.50. The Morgan fingerprint density at radius 3 is 1.37 bits per heavy atom. The number of nitrogens with zero attached hydrogens (tertiary/aromatic N) is 1. The molecule has 0 radical (unpaired) electrons. The normalized spacial score (nSPS) is 12.3. The van der Waals surface area contributed by atoms with Crippen molar-refractivity contribution < 1.29 is 13.3 Å². The molecule has 0 N–H and O–H groups in total. The van der Waals surface area contributed by atoms with Crippen molar-refractivity contribution in [3.05, 3.63) is 0 Å². The van der Waals surface area contributed by atoms with Gasteiger partial charge in [-0.2, -0.15) is 0 Å². The molecule has 0 heterocycles. The van der Waals surface area contributed by atoms with E-state index in [1.807, 2.05) is 0 Å². The zero-order chi connectivity index (χ0) is 14.6. The van der Waals surface area contributed by atoms with Crippen LogP contribution in [0, 0.1) is 0 Å². The van der Waals surface area contributed by atoms with E-state index in [0.717, 1.165) is 11.0 Å². The summed E-state index contributed by atoms with van der Waals surface area (Å²) in [6.07, 6.45) is 5.89. The summed E-state index contributed by atoms with van der Waals surface area (Å²) in [5, 5.41) is 0. The first-order valence-corrected chi connectivity index (χ1v) is 8.23. The summed E-state index contributed by atoms with van der Waals surface area (Å²) < 4.78 is 25.8. The third-order valence-electron chi connectivity index (χ3n) is 4.01. The van der Waals surface area contributed by atoms with Crippen LogP contribution < -0.4 is 0 Å². The molecule has 0 aliphatic carbocycles. The van der Waals surface area contributed by atoms with Crippen LogP contribution in [-0.2, 0) is 0 Å². The summed E-state index contributed by atoms with van der Waals surface area (Å²) >= 11 is 0. The Labute approximate surface area is 119 Å². The number of unbranched alkanes of at least 4 members (excludes halogenated alkanes) is 3. The number of quaternary nitrogens is 1. The molecule has 0 aromatic rings. The molecule has 0 aliphatic heterocycles. The summed E-state index contributed by atoms with van der Waals surface area (Å²) in [6.45, 7) is 11.1. The van der Waals surface area contributed by atoms with Gasteiger partial charge in [0, 0.05) is 12.8 Å². The highest BCUT2D eigenvalue weighted by atomic mass is 19.3. The average molecular weight is 278 g/mol. The third kappa shape index (κ3) is 9.37. The van der Waals surface area contributed by atoms with E-state index in [9.17, 15) is 8.78 Å². The lowest BCUT2D eigenvalue weighted by Gasteiger charge is -2.39. The second kappa shape index (κ2) is 11.6. The number of alkyl halides is 2. The zero-order valence-corrected chi connectivity index (χ0v) is 13.3. The van der Waals surface area contributed by atoms with Crippen molar-refractivity contribution in [1.29, 1.82) is 0 Å². The van der Waals surface area contributed by atoms with Gasteiger partial charge in [0.15, 0.2) is 0 Å². The van der Waals surface area contributed by atoms with E-state index in [2.05, 4.69) is 20.8 Å². The minimum Gasteiger partial charge on any atom is -0.324 e. The summed E-state index contributed by atoms with van der Waals surface area (Å²) in [6, 6.07) is 0. The molecule has 0 aliphatic rings. The van der Waals surface area contributed by atoms with Gasteiger partial charge in [-0.3, -0.25) is 0 Å². The highest BCUT2D eigenvalue weighted by Gasteiger charge is 2.25. The molecular weight excluding hydrogens is 244 g/mol. The van der Waals surface area contributed by atoms with Crippen molar-refractivity contribution in [3.8, 4) is 0 Å². The second-order valence-corrected chi connectivity index (χ2v) is 5.83. The topological polar surface area (TPSA) is 0 Å². The Balaban J connectivity index is 4.47. The molecule has 0 rings (SSSR count). The van der Waals surface area contributed by atoms with E-state index in [4.69, 9.17) is 0 Å². The van der Waals surface area contributed by atoms with E-state index in [1.165, 1.54) is 58.2 Å². The van der Waals surface area contributed by atoms with Crippen LogP contribution in [-0.4, -0.2) is 37.1 Å². The molecule has 0 amide bonds. The van der Waals surface area contributed by atoms with Crippen LogP contribution in [0.25, 0.3) is 0 Å². The standard InChI is InChI=1S/C16H34F2N/c1-4-7-12-19(13-8-5-2,14-9-6-3)15-10-11-16(17)18/h16H,4-15H2,1-3H3/q+1. The molecule has 1 nitrogen and oxygen atoms in total. The van der Waals surface area contributed by atoms with Crippen molar-refractivity contribution in [2.75, 3.05) is 26.2 Å². The minimum atomic E-state index is -2.13.